The van der Waals surface area contributed by atoms with Gasteiger partial charge in [0.1, 0.15) is 13.2 Å². The summed E-state index contributed by atoms with van der Waals surface area (Å²) in [6.45, 7) is 6.29. The summed E-state index contributed by atoms with van der Waals surface area (Å²) in [5.41, 5.74) is 0. The molecule has 0 rings (SSSR count). The van der Waals surface area contributed by atoms with Crippen LogP contribution < -0.4 is 0 Å². The molecule has 0 aliphatic heterocycles. The first-order valence-electron chi connectivity index (χ1n) is 25.5. The molecule has 1 atom stereocenters. The van der Waals surface area contributed by atoms with Crippen LogP contribution in [0.25, 0.3) is 0 Å². The molecule has 0 aromatic rings. The second-order valence-electron chi connectivity index (χ2n) is 16.4. The number of carbonyl (C=O) groups excluding carboxylic acids is 3. The number of rotatable bonds is 44. The highest BCUT2D eigenvalue weighted by molar-refractivity contribution is 5.71. The van der Waals surface area contributed by atoms with Gasteiger partial charge in [-0.25, -0.2) is 0 Å². The Bertz CT molecular complexity index is 1330. The fraction of sp³-hybridized carbons (Fsp3) is 0.632. The van der Waals surface area contributed by atoms with E-state index in [9.17, 15) is 14.4 Å². The van der Waals surface area contributed by atoms with Gasteiger partial charge in [-0.05, 0) is 96.3 Å². The highest BCUT2D eigenvalue weighted by atomic mass is 16.6. The molecular formula is C57H92O6. The van der Waals surface area contributed by atoms with Crippen molar-refractivity contribution in [1.29, 1.82) is 0 Å². The zero-order chi connectivity index (χ0) is 45.8. The minimum absolute atomic E-state index is 0.114. The normalized spacial score (nSPS) is 13.0. The van der Waals surface area contributed by atoms with E-state index >= 15 is 0 Å². The van der Waals surface area contributed by atoms with Gasteiger partial charge in [0.05, 0.1) is 0 Å². The Kier molecular flexibility index (Phi) is 47.5. The van der Waals surface area contributed by atoms with E-state index in [0.29, 0.717) is 25.7 Å². The Hall–Kier alpha value is -3.93. The standard InChI is InChI=1S/C57H92O6/c1-4-7-10-13-16-19-22-25-27-28-29-31-32-35-38-41-44-47-50-56(59)62-53-54(52-61-55(58)49-46-43-40-37-34-24-21-18-15-12-9-6-3)63-57(60)51-48-45-42-39-36-33-30-26-23-20-17-14-11-8-5-2/h8-9,11-12,14,17-18,20-21,23,26,29-31,33-34,36-37,54H,4-7,10,13,15-16,19,22,24-25,27-28,32,35,38-53H2,1-3H3/b11-8-,12-9-,17-14-,21-18-,23-20-,30-26-,31-29-,36-33-,37-34-. The Morgan fingerprint density at radius 3 is 1.22 bits per heavy atom. The Morgan fingerprint density at radius 1 is 0.349 bits per heavy atom. The fourth-order valence-corrected chi connectivity index (χ4v) is 6.59. The van der Waals surface area contributed by atoms with Crippen molar-refractivity contribution in [3.8, 4) is 0 Å². The molecule has 0 radical (unpaired) electrons. The Labute approximate surface area is 387 Å². The maximum Gasteiger partial charge on any atom is 0.306 e. The average molecular weight is 873 g/mol. The second kappa shape index (κ2) is 50.7. The summed E-state index contributed by atoms with van der Waals surface area (Å²) in [7, 11) is 0. The van der Waals surface area contributed by atoms with Crippen molar-refractivity contribution >= 4 is 17.9 Å². The number of carbonyl (C=O) groups is 3. The van der Waals surface area contributed by atoms with Crippen LogP contribution in [0.4, 0.5) is 0 Å². The van der Waals surface area contributed by atoms with Gasteiger partial charge in [-0.1, -0.05) is 207 Å². The van der Waals surface area contributed by atoms with E-state index in [1.165, 1.54) is 70.6 Å². The minimum Gasteiger partial charge on any atom is -0.462 e. The first-order valence-corrected chi connectivity index (χ1v) is 25.5. The van der Waals surface area contributed by atoms with Crippen LogP contribution in [0.3, 0.4) is 0 Å². The van der Waals surface area contributed by atoms with Gasteiger partial charge in [0.15, 0.2) is 6.10 Å². The molecule has 0 spiro atoms. The summed E-state index contributed by atoms with van der Waals surface area (Å²) in [4.78, 5) is 37.9. The minimum atomic E-state index is -0.820. The molecule has 6 nitrogen and oxygen atoms in total. The van der Waals surface area contributed by atoms with Gasteiger partial charge in [-0.15, -0.1) is 0 Å². The van der Waals surface area contributed by atoms with E-state index in [4.69, 9.17) is 14.2 Å². The maximum absolute atomic E-state index is 12.8. The van der Waals surface area contributed by atoms with Crippen LogP contribution in [0, 0.1) is 0 Å². The van der Waals surface area contributed by atoms with Gasteiger partial charge < -0.3 is 14.2 Å². The van der Waals surface area contributed by atoms with E-state index < -0.39 is 6.10 Å². The first kappa shape index (κ1) is 59.1. The maximum atomic E-state index is 12.8. The zero-order valence-electron chi connectivity index (χ0n) is 40.5. The lowest BCUT2D eigenvalue weighted by Crippen LogP contribution is -2.30. The zero-order valence-corrected chi connectivity index (χ0v) is 40.5. The quantitative estimate of drug-likeness (QED) is 0.0199. The molecule has 0 aromatic heterocycles. The number of hydrogen-bond acceptors (Lipinski definition) is 6. The number of allylic oxidation sites excluding steroid dienone is 18. The highest BCUT2D eigenvalue weighted by Crippen LogP contribution is 2.13. The first-order chi connectivity index (χ1) is 31.0. The molecule has 0 aliphatic carbocycles. The Morgan fingerprint density at radius 2 is 0.698 bits per heavy atom. The van der Waals surface area contributed by atoms with Crippen LogP contribution in [-0.2, 0) is 28.6 Å². The SMILES string of the molecule is CC\C=C/C=C\C=C/C=C\C=C/CCCCCC(=O)OC(COC(=O)CCCC/C=C\C/C=C\C/C=C\CC)COC(=O)CCCCCCC/C=C\CCCCCCCCCCC. The molecular weight excluding hydrogens is 781 g/mol. The molecule has 1 unspecified atom stereocenters. The monoisotopic (exact) mass is 873 g/mol. The van der Waals surface area contributed by atoms with E-state index in [1.807, 2.05) is 48.6 Å². The van der Waals surface area contributed by atoms with Gasteiger partial charge in [0.25, 0.3) is 0 Å². The van der Waals surface area contributed by atoms with Gasteiger partial charge in [-0.3, -0.25) is 14.4 Å². The van der Waals surface area contributed by atoms with Crippen LogP contribution in [0.2, 0.25) is 0 Å². The molecule has 0 aromatic carbocycles. The third-order valence-electron chi connectivity index (χ3n) is 10.4. The topological polar surface area (TPSA) is 78.9 Å². The van der Waals surface area contributed by atoms with Crippen molar-refractivity contribution in [3.63, 3.8) is 0 Å². The summed E-state index contributed by atoms with van der Waals surface area (Å²) in [5.74, 6) is -1.01. The van der Waals surface area contributed by atoms with Crippen molar-refractivity contribution in [3.05, 3.63) is 109 Å². The van der Waals surface area contributed by atoms with Gasteiger partial charge in [0, 0.05) is 19.3 Å². The average Bonchev–Trinajstić information content (AvgIpc) is 3.28. The van der Waals surface area contributed by atoms with Crippen LogP contribution in [0.1, 0.15) is 213 Å². The molecule has 0 bridgehead atoms. The van der Waals surface area contributed by atoms with Gasteiger partial charge >= 0.3 is 17.9 Å². The predicted molar refractivity (Wildman–Crippen MR) is 270 cm³/mol. The summed E-state index contributed by atoms with van der Waals surface area (Å²) in [6, 6.07) is 0. The number of unbranched alkanes of at least 4 members (excludes halogenated alkanes) is 19. The molecule has 0 heterocycles. The van der Waals surface area contributed by atoms with Gasteiger partial charge in [-0.2, -0.15) is 0 Å². The molecule has 0 aliphatic rings. The second-order valence-corrected chi connectivity index (χ2v) is 16.4. The molecule has 0 fully saturated rings. The van der Waals surface area contributed by atoms with E-state index in [2.05, 4.69) is 81.5 Å². The summed E-state index contributed by atoms with van der Waals surface area (Å²) in [6.07, 6.45) is 67.9. The summed E-state index contributed by atoms with van der Waals surface area (Å²) in [5, 5.41) is 0. The van der Waals surface area contributed by atoms with Crippen LogP contribution in [0.5, 0.6) is 0 Å². The number of esters is 3. The van der Waals surface area contributed by atoms with Crippen LogP contribution in [0.15, 0.2) is 109 Å². The van der Waals surface area contributed by atoms with Crippen LogP contribution >= 0.6 is 0 Å². The molecule has 0 saturated heterocycles. The Balaban J connectivity index is 4.50. The molecule has 63 heavy (non-hydrogen) atoms. The lowest BCUT2D eigenvalue weighted by molar-refractivity contribution is -0.167. The number of ether oxygens (including phenoxy) is 3. The third-order valence-corrected chi connectivity index (χ3v) is 10.4. The lowest BCUT2D eigenvalue weighted by atomic mass is 10.1. The van der Waals surface area contributed by atoms with Crippen molar-refractivity contribution in [2.24, 2.45) is 0 Å². The summed E-state index contributed by atoms with van der Waals surface area (Å²) < 4.78 is 16.7. The van der Waals surface area contributed by atoms with E-state index in [0.717, 1.165) is 89.9 Å². The molecule has 0 N–H and O–H groups in total. The lowest BCUT2D eigenvalue weighted by Gasteiger charge is -2.18. The largest absolute Gasteiger partial charge is 0.462 e. The highest BCUT2D eigenvalue weighted by Gasteiger charge is 2.19. The van der Waals surface area contributed by atoms with Crippen molar-refractivity contribution in [1.82, 2.24) is 0 Å². The van der Waals surface area contributed by atoms with E-state index in [1.54, 1.807) is 0 Å². The molecule has 6 heteroatoms. The smallest absolute Gasteiger partial charge is 0.306 e. The van der Waals surface area contributed by atoms with Crippen LogP contribution in [-0.4, -0.2) is 37.2 Å². The van der Waals surface area contributed by atoms with E-state index in [-0.39, 0.29) is 37.5 Å². The summed E-state index contributed by atoms with van der Waals surface area (Å²) >= 11 is 0. The molecule has 0 amide bonds. The molecule has 0 saturated carbocycles. The fourth-order valence-electron chi connectivity index (χ4n) is 6.59. The predicted octanol–water partition coefficient (Wildman–Crippen LogP) is 16.8. The number of hydrogen-bond donors (Lipinski definition) is 0. The van der Waals surface area contributed by atoms with Crippen molar-refractivity contribution < 1.29 is 28.6 Å². The molecule has 356 valence electrons. The van der Waals surface area contributed by atoms with Crippen molar-refractivity contribution in [2.45, 2.75) is 219 Å². The third kappa shape index (κ3) is 49.0. The van der Waals surface area contributed by atoms with Gasteiger partial charge in [0.2, 0.25) is 0 Å². The van der Waals surface area contributed by atoms with Crippen molar-refractivity contribution in [2.75, 3.05) is 13.2 Å².